The van der Waals surface area contributed by atoms with Crippen LogP contribution in [0.3, 0.4) is 0 Å². The van der Waals surface area contributed by atoms with Crippen LogP contribution < -0.4 is 10.6 Å². The Hall–Kier alpha value is -1.06. The second-order valence-electron chi connectivity index (χ2n) is 5.52. The van der Waals surface area contributed by atoms with Crippen molar-refractivity contribution < 1.29 is 0 Å². The van der Waals surface area contributed by atoms with Gasteiger partial charge in [0.1, 0.15) is 0 Å². The summed E-state index contributed by atoms with van der Waals surface area (Å²) in [7, 11) is 4.41. The molecule has 0 saturated carbocycles. The second kappa shape index (κ2) is 5.72. The van der Waals surface area contributed by atoms with Crippen molar-refractivity contribution in [1.82, 2.24) is 4.90 Å². The van der Waals surface area contributed by atoms with E-state index >= 15 is 0 Å². The van der Waals surface area contributed by atoms with E-state index in [-0.39, 0.29) is 6.04 Å². The van der Waals surface area contributed by atoms with Crippen LogP contribution in [-0.4, -0.2) is 38.1 Å². The zero-order valence-corrected chi connectivity index (χ0v) is 11.8. The fraction of sp³-hybridized carbons (Fsp3) is 0.600. The first-order chi connectivity index (χ1) is 8.59. The molecule has 3 heteroatoms. The third kappa shape index (κ3) is 2.85. The monoisotopic (exact) mass is 247 g/mol. The molecule has 1 aromatic carbocycles. The summed E-state index contributed by atoms with van der Waals surface area (Å²) in [6, 6.07) is 9.19. The van der Waals surface area contributed by atoms with Crippen molar-refractivity contribution in [3.63, 3.8) is 0 Å². The van der Waals surface area contributed by atoms with Gasteiger partial charge in [-0.05, 0) is 45.0 Å². The molecule has 2 rings (SSSR count). The lowest BCUT2D eigenvalue weighted by atomic mass is 10.0. The summed E-state index contributed by atoms with van der Waals surface area (Å²) < 4.78 is 0. The number of nitrogens with zero attached hydrogens (tertiary/aromatic N) is 2. The Morgan fingerprint density at radius 3 is 2.78 bits per heavy atom. The van der Waals surface area contributed by atoms with Crippen LogP contribution in [0.15, 0.2) is 24.3 Å². The maximum atomic E-state index is 6.07. The van der Waals surface area contributed by atoms with Crippen LogP contribution in [0.1, 0.15) is 31.4 Å². The zero-order chi connectivity index (χ0) is 13.1. The van der Waals surface area contributed by atoms with E-state index in [0.29, 0.717) is 6.04 Å². The van der Waals surface area contributed by atoms with E-state index in [4.69, 9.17) is 5.73 Å². The molecule has 2 N–H and O–H groups in total. The van der Waals surface area contributed by atoms with Gasteiger partial charge < -0.3 is 15.5 Å². The highest BCUT2D eigenvalue weighted by Crippen LogP contribution is 2.27. The first-order valence-electron chi connectivity index (χ1n) is 6.85. The molecule has 0 bridgehead atoms. The summed E-state index contributed by atoms with van der Waals surface area (Å²) in [4.78, 5) is 4.83. The number of hydrogen-bond acceptors (Lipinski definition) is 3. The molecule has 1 saturated heterocycles. The van der Waals surface area contributed by atoms with E-state index in [0.717, 1.165) is 6.54 Å². The van der Waals surface area contributed by atoms with Gasteiger partial charge in [0.25, 0.3) is 0 Å². The molecular weight excluding hydrogens is 222 g/mol. The number of para-hydroxylation sites is 1. The van der Waals surface area contributed by atoms with Crippen LogP contribution in [0.2, 0.25) is 0 Å². The van der Waals surface area contributed by atoms with Crippen molar-refractivity contribution in [2.75, 3.05) is 32.1 Å². The van der Waals surface area contributed by atoms with E-state index < -0.39 is 0 Å². The molecule has 1 aliphatic rings. The molecule has 1 heterocycles. The zero-order valence-electron chi connectivity index (χ0n) is 11.8. The quantitative estimate of drug-likeness (QED) is 0.889. The Balaban J connectivity index is 2.19. The first kappa shape index (κ1) is 13.4. The van der Waals surface area contributed by atoms with E-state index in [2.05, 4.69) is 55.1 Å². The van der Waals surface area contributed by atoms with Gasteiger partial charge in [0.2, 0.25) is 0 Å². The lowest BCUT2D eigenvalue weighted by molar-refractivity contribution is 0.248. The number of nitrogens with two attached hydrogens (primary N) is 1. The minimum atomic E-state index is 0.0879. The van der Waals surface area contributed by atoms with E-state index in [1.54, 1.807) is 0 Å². The third-order valence-electron chi connectivity index (χ3n) is 3.95. The summed E-state index contributed by atoms with van der Waals surface area (Å²) >= 11 is 0. The Morgan fingerprint density at radius 2 is 2.11 bits per heavy atom. The Labute approximate surface area is 111 Å². The van der Waals surface area contributed by atoms with Crippen LogP contribution in [0.5, 0.6) is 0 Å². The van der Waals surface area contributed by atoms with Crippen molar-refractivity contribution in [2.24, 2.45) is 5.73 Å². The highest BCUT2D eigenvalue weighted by Gasteiger charge is 2.23. The third-order valence-corrected chi connectivity index (χ3v) is 3.95. The first-order valence-corrected chi connectivity index (χ1v) is 6.85. The predicted molar refractivity (Wildman–Crippen MR) is 78.0 cm³/mol. The SMILES string of the molecule is C[C@@H](N)c1ccccc1N(C)C1CCCN(C)C1. The van der Waals surface area contributed by atoms with Crippen molar-refractivity contribution in [3.05, 3.63) is 29.8 Å². The molecule has 18 heavy (non-hydrogen) atoms. The second-order valence-corrected chi connectivity index (χ2v) is 5.52. The van der Waals surface area contributed by atoms with Gasteiger partial charge in [0, 0.05) is 31.4 Å². The maximum absolute atomic E-state index is 6.07. The highest BCUT2D eigenvalue weighted by atomic mass is 15.2. The smallest absolute Gasteiger partial charge is 0.0414 e. The number of piperidine rings is 1. The van der Waals surface area contributed by atoms with Gasteiger partial charge in [-0.15, -0.1) is 0 Å². The highest BCUT2D eigenvalue weighted by molar-refractivity contribution is 5.55. The van der Waals surface area contributed by atoms with Crippen LogP contribution in [-0.2, 0) is 0 Å². The van der Waals surface area contributed by atoms with Crippen LogP contribution >= 0.6 is 0 Å². The summed E-state index contributed by atoms with van der Waals surface area (Å²) in [6.45, 7) is 4.42. The van der Waals surface area contributed by atoms with Crippen LogP contribution in [0.25, 0.3) is 0 Å². The largest absolute Gasteiger partial charge is 0.370 e. The lowest BCUT2D eigenvalue weighted by Gasteiger charge is -2.38. The topological polar surface area (TPSA) is 32.5 Å². The number of likely N-dealkylation sites (tertiary alicyclic amines) is 1. The van der Waals surface area contributed by atoms with E-state index in [1.165, 1.54) is 30.6 Å². The molecule has 0 spiro atoms. The molecule has 1 aromatic rings. The molecule has 0 amide bonds. The Kier molecular flexibility index (Phi) is 4.25. The number of hydrogen-bond donors (Lipinski definition) is 1. The van der Waals surface area contributed by atoms with Gasteiger partial charge in [-0.1, -0.05) is 18.2 Å². The van der Waals surface area contributed by atoms with Gasteiger partial charge in [0.05, 0.1) is 0 Å². The van der Waals surface area contributed by atoms with Gasteiger partial charge in [-0.3, -0.25) is 0 Å². The van der Waals surface area contributed by atoms with Crippen molar-refractivity contribution in [1.29, 1.82) is 0 Å². The number of anilines is 1. The standard InChI is InChI=1S/C15H25N3/c1-12(16)14-8-4-5-9-15(14)18(3)13-7-6-10-17(2)11-13/h4-5,8-9,12-13H,6-7,10-11,16H2,1-3H3/t12-,13?/m1/s1. The van der Waals surface area contributed by atoms with Crippen molar-refractivity contribution in [2.45, 2.75) is 31.8 Å². The minimum absolute atomic E-state index is 0.0879. The van der Waals surface area contributed by atoms with Gasteiger partial charge in [0.15, 0.2) is 0 Å². The average molecular weight is 247 g/mol. The van der Waals surface area contributed by atoms with Gasteiger partial charge in [-0.25, -0.2) is 0 Å². The summed E-state index contributed by atoms with van der Waals surface area (Å²) in [6.07, 6.45) is 2.56. The number of benzene rings is 1. The fourth-order valence-corrected chi connectivity index (χ4v) is 2.85. The van der Waals surface area contributed by atoms with Crippen molar-refractivity contribution in [3.8, 4) is 0 Å². The van der Waals surface area contributed by atoms with E-state index in [1.807, 2.05) is 0 Å². The average Bonchev–Trinajstić information content (AvgIpc) is 2.38. The number of likely N-dealkylation sites (N-methyl/N-ethyl adjacent to an activating group) is 2. The molecule has 0 radical (unpaired) electrons. The summed E-state index contributed by atoms with van der Waals surface area (Å²) in [5.74, 6) is 0. The van der Waals surface area contributed by atoms with Crippen LogP contribution in [0.4, 0.5) is 5.69 Å². The van der Waals surface area contributed by atoms with Gasteiger partial charge in [-0.2, -0.15) is 0 Å². The van der Waals surface area contributed by atoms with E-state index in [9.17, 15) is 0 Å². The predicted octanol–water partition coefficient (Wildman–Crippen LogP) is 2.24. The minimum Gasteiger partial charge on any atom is -0.370 e. The molecule has 0 aliphatic carbocycles. The molecule has 1 aliphatic heterocycles. The molecule has 100 valence electrons. The molecule has 3 nitrogen and oxygen atoms in total. The van der Waals surface area contributed by atoms with Crippen LogP contribution in [0, 0.1) is 0 Å². The molecule has 2 atom stereocenters. The maximum Gasteiger partial charge on any atom is 0.0414 e. The molecular formula is C15H25N3. The Bertz CT molecular complexity index is 389. The summed E-state index contributed by atoms with van der Waals surface area (Å²) in [5, 5.41) is 0. The van der Waals surface area contributed by atoms with Gasteiger partial charge >= 0.3 is 0 Å². The Morgan fingerprint density at radius 1 is 1.39 bits per heavy atom. The fourth-order valence-electron chi connectivity index (χ4n) is 2.85. The number of rotatable bonds is 3. The molecule has 0 aromatic heterocycles. The van der Waals surface area contributed by atoms with Crippen molar-refractivity contribution >= 4 is 5.69 Å². The lowest BCUT2D eigenvalue weighted by Crippen LogP contribution is -2.45. The molecule has 1 fully saturated rings. The molecule has 1 unspecified atom stereocenters. The summed E-state index contributed by atoms with van der Waals surface area (Å²) in [5.41, 5.74) is 8.60. The normalized spacial score (nSPS) is 22.8.